The molecule has 2 heteroatoms. The van der Waals surface area contributed by atoms with Gasteiger partial charge in [0.15, 0.2) is 0 Å². The lowest BCUT2D eigenvalue weighted by molar-refractivity contribution is 1.35. The Morgan fingerprint density at radius 3 is 2.56 bits per heavy atom. The highest BCUT2D eigenvalue weighted by Crippen LogP contribution is 2.05. The van der Waals surface area contributed by atoms with Gasteiger partial charge in [-0.3, -0.25) is 5.43 Å². The number of para-hydroxylation sites is 1. The minimum Gasteiger partial charge on any atom is -0.279 e. The Morgan fingerprint density at radius 1 is 1.00 bits per heavy atom. The second-order valence-corrected chi connectivity index (χ2v) is 3.65. The van der Waals surface area contributed by atoms with E-state index in [2.05, 4.69) is 29.6 Å². The van der Waals surface area contributed by atoms with E-state index in [9.17, 15) is 0 Å². The van der Waals surface area contributed by atoms with Gasteiger partial charge in [-0.2, -0.15) is 5.10 Å². The van der Waals surface area contributed by atoms with E-state index in [0.717, 1.165) is 11.3 Å². The van der Waals surface area contributed by atoms with Crippen LogP contribution in [0.1, 0.15) is 11.1 Å². The molecule has 0 radical (unpaired) electrons. The molecular weight excluding hydrogens is 196 g/mol. The van der Waals surface area contributed by atoms with Gasteiger partial charge >= 0.3 is 0 Å². The lowest BCUT2D eigenvalue weighted by Gasteiger charge is -1.99. The molecule has 2 aromatic rings. The second-order valence-electron chi connectivity index (χ2n) is 3.65. The Labute approximate surface area is 95.6 Å². The van der Waals surface area contributed by atoms with E-state index in [1.165, 1.54) is 5.56 Å². The molecule has 0 heterocycles. The molecule has 2 rings (SSSR count). The predicted octanol–water partition coefficient (Wildman–Crippen LogP) is 3.44. The SMILES string of the molecule is Cc1cccc(/C=N/Nc2ccccc2)c1. The summed E-state index contributed by atoms with van der Waals surface area (Å²) in [6, 6.07) is 18.1. The average Bonchev–Trinajstić information content (AvgIpc) is 2.30. The maximum absolute atomic E-state index is 4.18. The lowest BCUT2D eigenvalue weighted by Crippen LogP contribution is -1.90. The van der Waals surface area contributed by atoms with E-state index in [0.29, 0.717) is 0 Å². The molecule has 0 unspecified atom stereocenters. The van der Waals surface area contributed by atoms with Gasteiger partial charge in [-0.25, -0.2) is 0 Å². The maximum Gasteiger partial charge on any atom is 0.0561 e. The van der Waals surface area contributed by atoms with Crippen LogP contribution in [0, 0.1) is 6.92 Å². The molecule has 16 heavy (non-hydrogen) atoms. The van der Waals surface area contributed by atoms with E-state index in [1.54, 1.807) is 0 Å². The molecule has 0 bridgehead atoms. The van der Waals surface area contributed by atoms with Crippen LogP contribution in [0.5, 0.6) is 0 Å². The predicted molar refractivity (Wildman–Crippen MR) is 68.8 cm³/mol. The summed E-state index contributed by atoms with van der Waals surface area (Å²) in [5.74, 6) is 0. The number of nitrogens with one attached hydrogen (secondary N) is 1. The fraction of sp³-hybridized carbons (Fsp3) is 0.0714. The first-order valence-electron chi connectivity index (χ1n) is 5.25. The van der Waals surface area contributed by atoms with E-state index >= 15 is 0 Å². The van der Waals surface area contributed by atoms with Crippen molar-refractivity contribution in [3.8, 4) is 0 Å². The summed E-state index contributed by atoms with van der Waals surface area (Å²) in [6.45, 7) is 2.07. The Hall–Kier alpha value is -2.09. The maximum atomic E-state index is 4.18. The highest BCUT2D eigenvalue weighted by Gasteiger charge is 1.88. The monoisotopic (exact) mass is 210 g/mol. The summed E-state index contributed by atoms with van der Waals surface area (Å²) in [4.78, 5) is 0. The molecule has 0 spiro atoms. The highest BCUT2D eigenvalue weighted by molar-refractivity contribution is 5.80. The Morgan fingerprint density at radius 2 is 1.81 bits per heavy atom. The van der Waals surface area contributed by atoms with Gasteiger partial charge in [-0.1, -0.05) is 48.0 Å². The molecule has 0 aliphatic rings. The molecule has 0 saturated carbocycles. The molecule has 0 aliphatic carbocycles. The van der Waals surface area contributed by atoms with Crippen LogP contribution in [0.25, 0.3) is 0 Å². The number of nitrogens with zero attached hydrogens (tertiary/aromatic N) is 1. The van der Waals surface area contributed by atoms with Crippen molar-refractivity contribution in [3.05, 3.63) is 65.7 Å². The van der Waals surface area contributed by atoms with Crippen molar-refractivity contribution in [2.45, 2.75) is 6.92 Å². The molecule has 1 N–H and O–H groups in total. The van der Waals surface area contributed by atoms with Crippen molar-refractivity contribution in [1.29, 1.82) is 0 Å². The molecule has 0 amide bonds. The fourth-order valence-corrected chi connectivity index (χ4v) is 1.44. The number of aryl methyl sites for hydroxylation is 1. The average molecular weight is 210 g/mol. The van der Waals surface area contributed by atoms with Crippen molar-refractivity contribution in [3.63, 3.8) is 0 Å². The molecular formula is C14H14N2. The summed E-state index contributed by atoms with van der Waals surface area (Å²) in [5, 5.41) is 4.18. The van der Waals surface area contributed by atoms with Crippen LogP contribution < -0.4 is 5.43 Å². The van der Waals surface area contributed by atoms with Crippen molar-refractivity contribution in [1.82, 2.24) is 0 Å². The van der Waals surface area contributed by atoms with Crippen LogP contribution in [0.2, 0.25) is 0 Å². The second kappa shape index (κ2) is 5.12. The van der Waals surface area contributed by atoms with E-state index in [-0.39, 0.29) is 0 Å². The lowest BCUT2D eigenvalue weighted by atomic mass is 10.2. The minimum absolute atomic E-state index is 0.992. The molecule has 0 fully saturated rings. The zero-order valence-electron chi connectivity index (χ0n) is 9.22. The van der Waals surface area contributed by atoms with E-state index in [4.69, 9.17) is 0 Å². The summed E-state index contributed by atoms with van der Waals surface area (Å²) in [5.41, 5.74) is 6.31. The van der Waals surface area contributed by atoms with Crippen LogP contribution >= 0.6 is 0 Å². The van der Waals surface area contributed by atoms with Gasteiger partial charge in [0.05, 0.1) is 11.9 Å². The summed E-state index contributed by atoms with van der Waals surface area (Å²) >= 11 is 0. The number of benzene rings is 2. The molecule has 0 aliphatic heterocycles. The number of rotatable bonds is 3. The third-order valence-electron chi connectivity index (χ3n) is 2.22. The van der Waals surface area contributed by atoms with Gasteiger partial charge in [0.1, 0.15) is 0 Å². The van der Waals surface area contributed by atoms with Gasteiger partial charge in [0.2, 0.25) is 0 Å². The third-order valence-corrected chi connectivity index (χ3v) is 2.22. The van der Waals surface area contributed by atoms with E-state index < -0.39 is 0 Å². The first-order chi connectivity index (χ1) is 7.84. The highest BCUT2D eigenvalue weighted by atomic mass is 15.3. The molecule has 0 atom stereocenters. The number of hydrogen-bond acceptors (Lipinski definition) is 2. The van der Waals surface area contributed by atoms with Crippen LogP contribution in [-0.4, -0.2) is 6.21 Å². The van der Waals surface area contributed by atoms with Crippen LogP contribution in [-0.2, 0) is 0 Å². The fourth-order valence-electron chi connectivity index (χ4n) is 1.44. The molecule has 0 saturated heterocycles. The van der Waals surface area contributed by atoms with Gasteiger partial charge in [0.25, 0.3) is 0 Å². The number of anilines is 1. The number of hydrogen-bond donors (Lipinski definition) is 1. The minimum atomic E-state index is 0.992. The van der Waals surface area contributed by atoms with Crippen LogP contribution in [0.15, 0.2) is 59.7 Å². The smallest absolute Gasteiger partial charge is 0.0561 e. The largest absolute Gasteiger partial charge is 0.279 e. The first kappa shape index (κ1) is 10.4. The normalized spacial score (nSPS) is 10.6. The van der Waals surface area contributed by atoms with Gasteiger partial charge < -0.3 is 0 Å². The molecule has 2 nitrogen and oxygen atoms in total. The van der Waals surface area contributed by atoms with Gasteiger partial charge in [-0.05, 0) is 24.6 Å². The van der Waals surface area contributed by atoms with Crippen LogP contribution in [0.4, 0.5) is 5.69 Å². The van der Waals surface area contributed by atoms with Crippen molar-refractivity contribution in [2.24, 2.45) is 5.10 Å². The van der Waals surface area contributed by atoms with Crippen molar-refractivity contribution < 1.29 is 0 Å². The van der Waals surface area contributed by atoms with Crippen molar-refractivity contribution in [2.75, 3.05) is 5.43 Å². The molecule has 2 aromatic carbocycles. The Kier molecular flexibility index (Phi) is 3.34. The Bertz CT molecular complexity index is 475. The first-order valence-corrected chi connectivity index (χ1v) is 5.25. The topological polar surface area (TPSA) is 24.4 Å². The van der Waals surface area contributed by atoms with E-state index in [1.807, 2.05) is 48.7 Å². The van der Waals surface area contributed by atoms with Gasteiger partial charge in [0, 0.05) is 0 Å². The third kappa shape index (κ3) is 2.95. The molecule has 80 valence electrons. The van der Waals surface area contributed by atoms with Crippen molar-refractivity contribution >= 4 is 11.9 Å². The zero-order valence-corrected chi connectivity index (χ0v) is 9.22. The summed E-state index contributed by atoms with van der Waals surface area (Å²) < 4.78 is 0. The summed E-state index contributed by atoms with van der Waals surface area (Å²) in [6.07, 6.45) is 1.82. The standard InChI is InChI=1S/C14H14N2/c1-12-6-5-7-13(10-12)11-15-16-14-8-3-2-4-9-14/h2-11,16H,1H3/b15-11+. The summed E-state index contributed by atoms with van der Waals surface area (Å²) in [7, 11) is 0. The Balaban J connectivity index is 2.00. The van der Waals surface area contributed by atoms with Crippen LogP contribution in [0.3, 0.4) is 0 Å². The zero-order chi connectivity index (χ0) is 11.2. The number of hydrazone groups is 1. The quantitative estimate of drug-likeness (QED) is 0.609. The molecule has 0 aromatic heterocycles. The van der Waals surface area contributed by atoms with Gasteiger partial charge in [-0.15, -0.1) is 0 Å².